The fraction of sp³-hybridized carbons (Fsp3) is 0.188. The number of aryl methyl sites for hydroxylation is 1. The number of para-hydroxylation sites is 1. The Hall–Kier alpha value is -2.47. The SMILES string of the molecule is Cc1cc(=O)cc(C(=O)N(C)Cc2nc3ccccc3s2)o1. The molecule has 0 radical (unpaired) electrons. The Labute approximate surface area is 130 Å². The Morgan fingerprint density at radius 3 is 2.82 bits per heavy atom. The molecule has 22 heavy (non-hydrogen) atoms. The maximum Gasteiger partial charge on any atom is 0.289 e. The molecule has 2 aromatic heterocycles. The van der Waals surface area contributed by atoms with Crippen molar-refractivity contribution in [2.75, 3.05) is 7.05 Å². The van der Waals surface area contributed by atoms with Gasteiger partial charge in [-0.05, 0) is 19.1 Å². The van der Waals surface area contributed by atoms with E-state index in [1.165, 1.54) is 17.0 Å². The summed E-state index contributed by atoms with van der Waals surface area (Å²) in [7, 11) is 1.66. The normalized spacial score (nSPS) is 10.8. The molecule has 3 rings (SSSR count). The van der Waals surface area contributed by atoms with Crippen molar-refractivity contribution in [2.45, 2.75) is 13.5 Å². The van der Waals surface area contributed by atoms with Crippen LogP contribution in [0.15, 0.2) is 45.6 Å². The average molecular weight is 314 g/mol. The van der Waals surface area contributed by atoms with Crippen LogP contribution in [0.3, 0.4) is 0 Å². The third kappa shape index (κ3) is 2.92. The zero-order valence-electron chi connectivity index (χ0n) is 12.2. The average Bonchev–Trinajstić information content (AvgIpc) is 2.87. The van der Waals surface area contributed by atoms with Crippen molar-refractivity contribution in [3.05, 3.63) is 63.1 Å². The number of amides is 1. The summed E-state index contributed by atoms with van der Waals surface area (Å²) in [5.41, 5.74) is 0.686. The van der Waals surface area contributed by atoms with Crippen molar-refractivity contribution in [2.24, 2.45) is 0 Å². The molecule has 0 unspecified atom stereocenters. The fourth-order valence-corrected chi connectivity index (χ4v) is 3.18. The fourth-order valence-electron chi connectivity index (χ4n) is 2.16. The van der Waals surface area contributed by atoms with Crippen LogP contribution in [-0.2, 0) is 6.54 Å². The lowest BCUT2D eigenvalue weighted by Gasteiger charge is -2.14. The van der Waals surface area contributed by atoms with Crippen molar-refractivity contribution >= 4 is 27.5 Å². The van der Waals surface area contributed by atoms with Gasteiger partial charge in [-0.25, -0.2) is 4.98 Å². The van der Waals surface area contributed by atoms with Crippen molar-refractivity contribution in [1.82, 2.24) is 9.88 Å². The molecule has 5 nitrogen and oxygen atoms in total. The Balaban J connectivity index is 1.82. The van der Waals surface area contributed by atoms with Gasteiger partial charge in [0.15, 0.2) is 11.2 Å². The van der Waals surface area contributed by atoms with Crippen LogP contribution in [0.1, 0.15) is 21.3 Å². The molecule has 3 aromatic rings. The number of aromatic nitrogens is 1. The van der Waals surface area contributed by atoms with Crippen LogP contribution in [0.25, 0.3) is 10.2 Å². The molecular weight excluding hydrogens is 300 g/mol. The number of fused-ring (bicyclic) bond motifs is 1. The molecule has 112 valence electrons. The zero-order valence-corrected chi connectivity index (χ0v) is 13.0. The number of hydrogen-bond donors (Lipinski definition) is 0. The van der Waals surface area contributed by atoms with Gasteiger partial charge in [-0.2, -0.15) is 0 Å². The number of thiazole rings is 1. The highest BCUT2D eigenvalue weighted by Crippen LogP contribution is 2.22. The van der Waals surface area contributed by atoms with E-state index in [-0.39, 0.29) is 17.1 Å². The van der Waals surface area contributed by atoms with E-state index >= 15 is 0 Å². The van der Waals surface area contributed by atoms with Gasteiger partial charge in [0, 0.05) is 19.2 Å². The standard InChI is InChI=1S/C16H14N2O3S/c1-10-7-11(19)8-13(21-10)16(20)18(2)9-15-17-12-5-3-4-6-14(12)22-15/h3-8H,9H2,1-2H3. The van der Waals surface area contributed by atoms with E-state index in [0.29, 0.717) is 12.3 Å². The summed E-state index contributed by atoms with van der Waals surface area (Å²) in [5, 5.41) is 0.840. The largest absolute Gasteiger partial charge is 0.456 e. The molecule has 1 aromatic carbocycles. The van der Waals surface area contributed by atoms with Gasteiger partial charge < -0.3 is 9.32 Å². The Kier molecular flexibility index (Phi) is 3.77. The number of hydrogen-bond acceptors (Lipinski definition) is 5. The summed E-state index contributed by atoms with van der Waals surface area (Å²) >= 11 is 1.55. The van der Waals surface area contributed by atoms with Crippen LogP contribution in [0.5, 0.6) is 0 Å². The van der Waals surface area contributed by atoms with Crippen LogP contribution < -0.4 is 5.43 Å². The Bertz CT molecular complexity index is 865. The number of rotatable bonds is 3. The van der Waals surface area contributed by atoms with E-state index in [1.807, 2.05) is 24.3 Å². The van der Waals surface area contributed by atoms with E-state index in [9.17, 15) is 9.59 Å². The van der Waals surface area contributed by atoms with E-state index in [4.69, 9.17) is 4.42 Å². The highest BCUT2D eigenvalue weighted by atomic mass is 32.1. The molecule has 1 amide bonds. The molecule has 0 aliphatic rings. The third-order valence-electron chi connectivity index (χ3n) is 3.16. The maximum atomic E-state index is 12.3. The highest BCUT2D eigenvalue weighted by Gasteiger charge is 2.17. The molecule has 0 aliphatic heterocycles. The van der Waals surface area contributed by atoms with Crippen LogP contribution in [0, 0.1) is 6.92 Å². The van der Waals surface area contributed by atoms with Gasteiger partial charge in [-0.1, -0.05) is 12.1 Å². The molecule has 0 saturated heterocycles. The highest BCUT2D eigenvalue weighted by molar-refractivity contribution is 7.18. The van der Waals surface area contributed by atoms with Crippen molar-refractivity contribution < 1.29 is 9.21 Å². The molecule has 0 fully saturated rings. The van der Waals surface area contributed by atoms with Gasteiger partial charge in [0.05, 0.1) is 16.8 Å². The van der Waals surface area contributed by atoms with Gasteiger partial charge in [-0.15, -0.1) is 11.3 Å². The monoisotopic (exact) mass is 314 g/mol. The summed E-state index contributed by atoms with van der Waals surface area (Å²) in [6.07, 6.45) is 0. The first-order valence-corrected chi connectivity index (χ1v) is 7.56. The lowest BCUT2D eigenvalue weighted by Crippen LogP contribution is -2.27. The number of carbonyl (C=O) groups excluding carboxylic acids is 1. The first-order valence-electron chi connectivity index (χ1n) is 6.74. The predicted octanol–water partition coefficient (Wildman–Crippen LogP) is 2.83. The van der Waals surface area contributed by atoms with Crippen molar-refractivity contribution in [3.63, 3.8) is 0 Å². The van der Waals surface area contributed by atoms with Crippen LogP contribution >= 0.6 is 11.3 Å². The van der Waals surface area contributed by atoms with Gasteiger partial charge in [0.1, 0.15) is 10.8 Å². The molecule has 0 aliphatic carbocycles. The molecule has 2 heterocycles. The van der Waals surface area contributed by atoms with Gasteiger partial charge in [0.25, 0.3) is 5.91 Å². The Morgan fingerprint density at radius 1 is 1.32 bits per heavy atom. The van der Waals surface area contributed by atoms with E-state index < -0.39 is 0 Å². The minimum Gasteiger partial charge on any atom is -0.456 e. The Morgan fingerprint density at radius 2 is 2.09 bits per heavy atom. The van der Waals surface area contributed by atoms with Crippen molar-refractivity contribution in [3.8, 4) is 0 Å². The summed E-state index contributed by atoms with van der Waals surface area (Å²) < 4.78 is 6.41. The summed E-state index contributed by atoms with van der Waals surface area (Å²) in [5.74, 6) is 0.137. The molecule has 0 saturated carbocycles. The first kappa shape index (κ1) is 14.5. The molecule has 0 spiro atoms. The topological polar surface area (TPSA) is 63.4 Å². The van der Waals surface area contributed by atoms with Crippen molar-refractivity contribution in [1.29, 1.82) is 0 Å². The molecule has 0 N–H and O–H groups in total. The number of benzene rings is 1. The minimum absolute atomic E-state index is 0.0496. The van der Waals surface area contributed by atoms with Gasteiger partial charge in [-0.3, -0.25) is 9.59 Å². The number of carbonyl (C=O) groups is 1. The van der Waals surface area contributed by atoms with Crippen LogP contribution in [0.4, 0.5) is 0 Å². The third-order valence-corrected chi connectivity index (χ3v) is 4.18. The van der Waals surface area contributed by atoms with Gasteiger partial charge in [0.2, 0.25) is 0 Å². The quantitative estimate of drug-likeness (QED) is 0.746. The summed E-state index contributed by atoms with van der Waals surface area (Å²) in [4.78, 5) is 29.8. The second-order valence-corrected chi connectivity index (χ2v) is 6.12. The summed E-state index contributed by atoms with van der Waals surface area (Å²) in [6, 6.07) is 10.4. The molecule has 6 heteroatoms. The number of nitrogens with zero attached hydrogens (tertiary/aromatic N) is 2. The molecular formula is C16H14N2O3S. The minimum atomic E-state index is -0.333. The second-order valence-electron chi connectivity index (χ2n) is 5.00. The van der Waals surface area contributed by atoms with E-state index in [2.05, 4.69) is 4.98 Å². The second kappa shape index (κ2) is 5.73. The summed E-state index contributed by atoms with van der Waals surface area (Å²) in [6.45, 7) is 2.02. The van der Waals surface area contributed by atoms with Gasteiger partial charge >= 0.3 is 0 Å². The molecule has 0 atom stereocenters. The lowest BCUT2D eigenvalue weighted by molar-refractivity contribution is 0.0749. The van der Waals surface area contributed by atoms with Crippen LogP contribution in [-0.4, -0.2) is 22.8 Å². The maximum absolute atomic E-state index is 12.3. The predicted molar refractivity (Wildman–Crippen MR) is 85.1 cm³/mol. The zero-order chi connectivity index (χ0) is 15.7. The van der Waals surface area contributed by atoms with E-state index in [1.54, 1.807) is 25.3 Å². The van der Waals surface area contributed by atoms with Crippen LogP contribution in [0.2, 0.25) is 0 Å². The molecule has 0 bridgehead atoms. The lowest BCUT2D eigenvalue weighted by atomic mass is 10.3. The first-order chi connectivity index (χ1) is 10.5. The smallest absolute Gasteiger partial charge is 0.289 e. The van der Waals surface area contributed by atoms with E-state index in [0.717, 1.165) is 15.2 Å².